The van der Waals surface area contributed by atoms with E-state index in [-0.39, 0.29) is 28.5 Å². The Bertz CT molecular complexity index is 2730. The van der Waals surface area contributed by atoms with E-state index in [1.54, 1.807) is 51.2 Å². The number of benzene rings is 2. The minimum atomic E-state index is -4.96. The Morgan fingerprint density at radius 1 is 0.805 bits per heavy atom. The number of nitrogens with one attached hydrogen (secondary N) is 4. The maximum Gasteiger partial charge on any atom is 0.407 e. The quantitative estimate of drug-likeness (QED) is 0.0523. The predicted molar refractivity (Wildman–Crippen MR) is 279 cm³/mol. The summed E-state index contributed by atoms with van der Waals surface area (Å²) in [7, 11) is 2.16. The number of methoxy groups -OCH3 is 2. The molecule has 3 saturated heterocycles. The van der Waals surface area contributed by atoms with Crippen molar-refractivity contribution in [2.45, 2.75) is 109 Å². The lowest BCUT2D eigenvalue weighted by Gasteiger charge is -2.47. The number of ether oxygens (including phenoxy) is 3. The van der Waals surface area contributed by atoms with E-state index in [4.69, 9.17) is 15.5 Å². The number of rotatable bonds is 16. The first kappa shape index (κ1) is 59.2. The number of hydrogen-bond donors (Lipinski definition) is 6. The summed E-state index contributed by atoms with van der Waals surface area (Å²) in [5.74, 6) is 2.75. The van der Waals surface area contributed by atoms with Gasteiger partial charge in [0.15, 0.2) is 0 Å². The number of nitrogens with zero attached hydrogens (tertiary/aromatic N) is 4. The number of aliphatic hydroxyl groups is 1. The number of fused-ring (bicyclic) bond motifs is 2. The summed E-state index contributed by atoms with van der Waals surface area (Å²) in [6.07, 6.45) is -3.56. The van der Waals surface area contributed by atoms with E-state index < -0.39 is 94.8 Å². The van der Waals surface area contributed by atoms with E-state index in [2.05, 4.69) is 52.0 Å². The minimum absolute atomic E-state index is 0. The van der Waals surface area contributed by atoms with Crippen LogP contribution < -0.4 is 31.9 Å². The zero-order chi connectivity index (χ0) is 56.4. The fourth-order valence-corrected chi connectivity index (χ4v) is 9.19. The Labute approximate surface area is 447 Å². The van der Waals surface area contributed by atoms with Gasteiger partial charge in [0, 0.05) is 71.0 Å². The molecule has 77 heavy (non-hydrogen) atoms. The second-order valence-corrected chi connectivity index (χ2v) is 20.7. The molecular weight excluding hydrogens is 1020 g/mol. The molecule has 2 aromatic carbocycles. The zero-order valence-corrected chi connectivity index (χ0v) is 43.8. The average molecular weight is 1090 g/mol. The third-order valence-electron chi connectivity index (χ3n) is 13.8. The van der Waals surface area contributed by atoms with Gasteiger partial charge < -0.3 is 51.2 Å². The van der Waals surface area contributed by atoms with Crippen LogP contribution in [0.5, 0.6) is 0 Å². The van der Waals surface area contributed by atoms with Crippen LogP contribution >= 0.6 is 0 Å². The van der Waals surface area contributed by atoms with Crippen LogP contribution in [0.4, 0.5) is 41.7 Å². The Morgan fingerprint density at radius 2 is 1.39 bits per heavy atom. The van der Waals surface area contributed by atoms with Gasteiger partial charge in [-0.1, -0.05) is 44.7 Å². The lowest BCUT2D eigenvalue weighted by atomic mass is 9.82. The van der Waals surface area contributed by atoms with Gasteiger partial charge >= 0.3 is 18.4 Å². The molecule has 2 bridgehead atoms. The number of alkyl halides is 3. The number of halogens is 6. The summed E-state index contributed by atoms with van der Waals surface area (Å²) in [6, 6.07) is 12.4. The molecule has 2 aromatic heterocycles. The molecule has 0 aliphatic carbocycles. The molecule has 4 amide bonds. The van der Waals surface area contributed by atoms with Gasteiger partial charge in [0.1, 0.15) is 35.4 Å². The third-order valence-corrected chi connectivity index (χ3v) is 13.8. The van der Waals surface area contributed by atoms with Crippen LogP contribution in [0.1, 0.15) is 74.0 Å². The number of hydrogen-bond acceptors (Lipinski definition) is 13. The van der Waals surface area contributed by atoms with Crippen molar-refractivity contribution < 1.29 is 69.1 Å². The third kappa shape index (κ3) is 15.4. The molecule has 23 heteroatoms. The second kappa shape index (κ2) is 25.4. The van der Waals surface area contributed by atoms with Crippen LogP contribution in [0.25, 0.3) is 11.3 Å². The van der Waals surface area contributed by atoms with Gasteiger partial charge in [-0.25, -0.2) is 27.7 Å². The smallest absolute Gasteiger partial charge is 0.407 e. The normalized spacial score (nSPS) is 18.2. The number of alkyl carbamates (subject to hydrolysis) is 2. The maximum atomic E-state index is 15.1. The number of piperazine rings is 1. The number of primary amides is 1. The first-order chi connectivity index (χ1) is 36.3. The number of pyridine rings is 2. The summed E-state index contributed by atoms with van der Waals surface area (Å²) >= 11 is 0. The van der Waals surface area contributed by atoms with Crippen LogP contribution in [0.3, 0.4) is 0 Å². The highest BCUT2D eigenvalue weighted by Crippen LogP contribution is 2.41. The average Bonchev–Trinajstić information content (AvgIpc) is 3.59. The Kier molecular flexibility index (Phi) is 19.6. The number of aromatic nitrogens is 2. The molecule has 7 N–H and O–H groups in total. The fourth-order valence-electron chi connectivity index (χ4n) is 9.19. The molecular formula is C54H71F6N9O8. The Hall–Kier alpha value is -7.00. The lowest BCUT2D eigenvalue weighted by molar-refractivity contribution is -0.220. The highest BCUT2D eigenvalue weighted by atomic mass is 19.4. The number of amides is 4. The number of anilines is 1. The van der Waals surface area contributed by atoms with Gasteiger partial charge in [-0.05, 0) is 92.6 Å². The lowest BCUT2D eigenvalue weighted by Crippen LogP contribution is -2.62. The number of nitrogens with two attached hydrogens (primary N) is 1. The summed E-state index contributed by atoms with van der Waals surface area (Å²) < 4.78 is 101. The van der Waals surface area contributed by atoms with Gasteiger partial charge in [0.05, 0.1) is 62.9 Å². The fraction of sp³-hybridized carbons (Fsp3) is 0.481. The van der Waals surface area contributed by atoms with Gasteiger partial charge in [0.2, 0.25) is 11.8 Å². The van der Waals surface area contributed by atoms with Crippen LogP contribution in [0.15, 0.2) is 73.1 Å². The molecule has 3 aliphatic heterocycles. The van der Waals surface area contributed by atoms with Crippen molar-refractivity contribution >= 4 is 29.8 Å². The van der Waals surface area contributed by atoms with Crippen molar-refractivity contribution in [1.82, 2.24) is 36.1 Å². The van der Waals surface area contributed by atoms with Crippen LogP contribution in [0.2, 0.25) is 0 Å². The maximum absolute atomic E-state index is 15.1. The molecule has 422 valence electrons. The largest absolute Gasteiger partial charge is 0.453 e. The molecule has 3 fully saturated rings. The van der Waals surface area contributed by atoms with Crippen molar-refractivity contribution in [3.63, 3.8) is 0 Å². The van der Waals surface area contributed by atoms with Gasteiger partial charge in [0.25, 0.3) is 0 Å². The number of aliphatic hydroxyl groups excluding tert-OH is 1. The van der Waals surface area contributed by atoms with E-state index in [1.165, 1.54) is 26.0 Å². The SMILES string of the molecule is COC(=O)N[C@H](C(=O)N[C@@H](Cc1ccc(C#Cc2ccc(N3CC4CCC(C3)N4C3COC3)nc2)cc1)[C@@H](O)CNCc1c(F)cc(-c2ccc(F)cn2)cc1F)C(C)(C)C(F)(F)F.COC(=O)N[C@H](C(N)=O)C(C)(C)C.[HH].[HH].[HH]. The van der Waals surface area contributed by atoms with Crippen LogP contribution in [-0.2, 0) is 36.8 Å². The van der Waals surface area contributed by atoms with E-state index in [0.29, 0.717) is 34.8 Å². The summed E-state index contributed by atoms with van der Waals surface area (Å²) in [5, 5.41) is 20.9. The van der Waals surface area contributed by atoms with Crippen molar-refractivity contribution in [3.05, 3.63) is 113 Å². The van der Waals surface area contributed by atoms with Crippen molar-refractivity contribution in [2.24, 2.45) is 16.6 Å². The van der Waals surface area contributed by atoms with Gasteiger partial charge in [-0.3, -0.25) is 19.5 Å². The number of carbonyl (C=O) groups excluding carboxylic acids is 4. The van der Waals surface area contributed by atoms with Crippen molar-refractivity contribution in [3.8, 4) is 23.1 Å². The summed E-state index contributed by atoms with van der Waals surface area (Å²) in [6.45, 7) is 9.52. The topological polar surface area (TPSA) is 223 Å². The first-order valence-corrected chi connectivity index (χ1v) is 24.8. The van der Waals surface area contributed by atoms with E-state index in [0.717, 1.165) is 77.5 Å². The molecule has 7 rings (SSSR count). The molecule has 2 unspecified atom stereocenters. The minimum Gasteiger partial charge on any atom is -0.453 e. The number of carbonyl (C=O) groups is 4. The second-order valence-electron chi connectivity index (χ2n) is 20.7. The standard InChI is InChI=1S/C46H49F6N7O5.C8H16N2O3.3H2/c1-45(2,46(50,51)52)42(57-44(62)63-3)43(61)56-39(40(60)22-53-21-35-36(48)17-30(18-37(35)49)38-14-11-31(47)20-54-38)16-28-7-4-27(5-8-28)6-9-29-10-15-41(55-19-29)58-23-32-12-13-33(24-58)59(32)34-25-64-26-34;1-8(2,3)5(6(9)11)10-7(12)13-4;;;/h4-5,7-8,10-11,14-15,17-20,32-34,39-40,42,53,60H,12-13,16,21-26H2,1-3H3,(H,56,61)(H,57,62);5H,1-4H3,(H2,9,11)(H,10,12);3*1H/t32?,33?,39-,40-,42+;5-;;;/m01.../s1. The van der Waals surface area contributed by atoms with Crippen molar-refractivity contribution in [2.75, 3.05) is 52.0 Å². The molecule has 5 heterocycles. The van der Waals surface area contributed by atoms with Crippen LogP contribution in [-0.4, -0.2) is 140 Å². The molecule has 0 radical (unpaired) electrons. The summed E-state index contributed by atoms with van der Waals surface area (Å²) in [5.41, 5.74) is 3.60. The van der Waals surface area contributed by atoms with Crippen LogP contribution in [0, 0.1) is 40.1 Å². The van der Waals surface area contributed by atoms with E-state index in [9.17, 15) is 41.8 Å². The monoisotopic (exact) mass is 1090 g/mol. The van der Waals surface area contributed by atoms with E-state index >= 15 is 8.78 Å². The highest BCUT2D eigenvalue weighted by Gasteiger charge is 2.56. The molecule has 0 spiro atoms. The Morgan fingerprint density at radius 3 is 1.88 bits per heavy atom. The summed E-state index contributed by atoms with van der Waals surface area (Å²) in [4.78, 5) is 61.1. The van der Waals surface area contributed by atoms with E-state index in [1.807, 2.05) is 17.4 Å². The highest BCUT2D eigenvalue weighted by molar-refractivity contribution is 5.87. The molecule has 6 atom stereocenters. The molecule has 4 aromatic rings. The molecule has 17 nitrogen and oxygen atoms in total. The molecule has 3 aliphatic rings. The molecule has 0 saturated carbocycles. The van der Waals surface area contributed by atoms with Gasteiger partial charge in [-0.15, -0.1) is 0 Å². The van der Waals surface area contributed by atoms with Gasteiger partial charge in [-0.2, -0.15) is 13.2 Å². The Balaban J connectivity index is 0.000000934. The van der Waals surface area contributed by atoms with Crippen molar-refractivity contribution in [1.29, 1.82) is 0 Å². The predicted octanol–water partition coefficient (Wildman–Crippen LogP) is 6.48. The first-order valence-electron chi connectivity index (χ1n) is 24.8. The zero-order valence-electron chi connectivity index (χ0n) is 43.8.